The molecule has 1 aromatic carbocycles. The van der Waals surface area contributed by atoms with E-state index in [1.54, 1.807) is 26.2 Å². The summed E-state index contributed by atoms with van der Waals surface area (Å²) in [7, 11) is 5.51. The van der Waals surface area contributed by atoms with Gasteiger partial charge in [0.1, 0.15) is 0 Å². The fourth-order valence-electron chi connectivity index (χ4n) is 5.81. The van der Waals surface area contributed by atoms with Crippen molar-refractivity contribution in [3.8, 4) is 11.5 Å². The van der Waals surface area contributed by atoms with E-state index >= 15 is 0 Å². The van der Waals surface area contributed by atoms with Crippen molar-refractivity contribution < 1.29 is 37.3 Å². The SMILES string of the molecule is CCCCNC(=O)NSC1CCC2(c3ccc(OC)c(OC)c3)CCN(Cc3cccn3C)C2C1.O=C(O)C(F)(F)F. The molecule has 0 spiro atoms. The number of ether oxygens (including phenoxy) is 2. The number of halogens is 3. The summed E-state index contributed by atoms with van der Waals surface area (Å²) in [4.78, 5) is 23.8. The molecule has 1 aliphatic heterocycles. The molecule has 0 radical (unpaired) electrons. The number of fused-ring (bicyclic) bond motifs is 1. The number of rotatable bonds is 10. The summed E-state index contributed by atoms with van der Waals surface area (Å²) in [6.07, 6.45) is 3.45. The molecule has 234 valence electrons. The predicted octanol–water partition coefficient (Wildman–Crippen LogP) is 5.49. The summed E-state index contributed by atoms with van der Waals surface area (Å²) in [5.74, 6) is -1.20. The number of urea groups is 1. The third kappa shape index (κ3) is 8.27. The largest absolute Gasteiger partial charge is 0.493 e. The van der Waals surface area contributed by atoms with Crippen LogP contribution in [0.4, 0.5) is 18.0 Å². The Bertz CT molecular complexity index is 1190. The number of nitrogens with one attached hydrogen (secondary N) is 2. The van der Waals surface area contributed by atoms with Gasteiger partial charge in [-0.2, -0.15) is 13.2 Å². The van der Waals surface area contributed by atoms with E-state index in [1.807, 2.05) is 6.07 Å². The molecule has 2 heterocycles. The van der Waals surface area contributed by atoms with Crippen LogP contribution < -0.4 is 19.5 Å². The number of carbonyl (C=O) groups excluding carboxylic acids is 1. The van der Waals surface area contributed by atoms with Gasteiger partial charge in [0.15, 0.2) is 11.5 Å². The molecule has 2 aromatic rings. The maximum Gasteiger partial charge on any atom is 0.490 e. The number of aromatic nitrogens is 1. The Labute approximate surface area is 249 Å². The zero-order valence-corrected chi connectivity index (χ0v) is 25.3. The number of methoxy groups -OCH3 is 2. The summed E-state index contributed by atoms with van der Waals surface area (Å²) < 4.78 is 48.2. The van der Waals surface area contributed by atoms with Gasteiger partial charge in [0.25, 0.3) is 0 Å². The van der Waals surface area contributed by atoms with E-state index in [2.05, 4.69) is 63.9 Å². The Balaban J connectivity index is 0.000000616. The van der Waals surface area contributed by atoms with Crippen LogP contribution in [-0.4, -0.2) is 71.4 Å². The zero-order chi connectivity index (χ0) is 30.9. The number of hydrogen-bond acceptors (Lipinski definition) is 6. The first-order valence-electron chi connectivity index (χ1n) is 14.0. The predicted molar refractivity (Wildman–Crippen MR) is 156 cm³/mol. The smallest absolute Gasteiger partial charge is 0.490 e. The highest BCUT2D eigenvalue weighted by Gasteiger charge is 2.51. The van der Waals surface area contributed by atoms with Crippen LogP contribution in [0.15, 0.2) is 36.5 Å². The van der Waals surface area contributed by atoms with E-state index < -0.39 is 12.1 Å². The molecule has 9 nitrogen and oxygen atoms in total. The molecule has 42 heavy (non-hydrogen) atoms. The van der Waals surface area contributed by atoms with Gasteiger partial charge >= 0.3 is 18.2 Å². The molecule has 1 aliphatic carbocycles. The molecule has 0 bridgehead atoms. The van der Waals surface area contributed by atoms with Gasteiger partial charge in [-0.3, -0.25) is 9.62 Å². The van der Waals surface area contributed by atoms with Crippen molar-refractivity contribution in [2.75, 3.05) is 27.3 Å². The molecule has 1 aromatic heterocycles. The quantitative estimate of drug-likeness (QED) is 0.240. The maximum atomic E-state index is 12.2. The standard InChI is InChI=1S/C27H40N4O3S.C2HF3O2/c1-5-6-14-28-26(32)29-35-22-11-12-27(20-9-10-23(33-3)24(17-20)34-4)13-16-31(25(27)18-22)19-21-8-7-15-30(21)2;3-2(4,5)1(6)7/h7-10,15,17,22,25H,5-6,11-14,16,18-19H2,1-4H3,(H2,28,29,32);(H,6,7). The fourth-order valence-corrected chi connectivity index (χ4v) is 6.67. The molecule has 2 fully saturated rings. The molecule has 13 heteroatoms. The van der Waals surface area contributed by atoms with E-state index in [-0.39, 0.29) is 11.4 Å². The lowest BCUT2D eigenvalue weighted by Gasteiger charge is -2.45. The Hall–Kier alpha value is -3.06. The highest BCUT2D eigenvalue weighted by Crippen LogP contribution is 2.52. The van der Waals surface area contributed by atoms with Crippen LogP contribution in [0.1, 0.15) is 56.7 Å². The summed E-state index contributed by atoms with van der Waals surface area (Å²) in [6, 6.07) is 11.1. The van der Waals surface area contributed by atoms with Gasteiger partial charge in [-0.1, -0.05) is 19.4 Å². The van der Waals surface area contributed by atoms with Gasteiger partial charge in [-0.05, 0) is 80.4 Å². The van der Waals surface area contributed by atoms with Crippen LogP contribution in [0.3, 0.4) is 0 Å². The summed E-state index contributed by atoms with van der Waals surface area (Å²) in [5, 5.41) is 10.5. The van der Waals surface area contributed by atoms with Crippen molar-refractivity contribution in [3.63, 3.8) is 0 Å². The van der Waals surface area contributed by atoms with E-state index in [0.717, 1.165) is 69.7 Å². The van der Waals surface area contributed by atoms with Crippen LogP contribution in [-0.2, 0) is 23.8 Å². The number of aliphatic carboxylic acids is 1. The minimum atomic E-state index is -5.08. The Kier molecular flexibility index (Phi) is 11.9. The van der Waals surface area contributed by atoms with E-state index in [1.165, 1.54) is 11.3 Å². The minimum absolute atomic E-state index is 0.0746. The van der Waals surface area contributed by atoms with Crippen LogP contribution in [0.2, 0.25) is 0 Å². The molecule has 1 saturated carbocycles. The van der Waals surface area contributed by atoms with Gasteiger partial charge in [0.2, 0.25) is 0 Å². The lowest BCUT2D eigenvalue weighted by atomic mass is 9.66. The van der Waals surface area contributed by atoms with Gasteiger partial charge in [0.05, 0.1) is 14.2 Å². The first-order valence-corrected chi connectivity index (χ1v) is 14.9. The molecule has 3 atom stereocenters. The van der Waals surface area contributed by atoms with E-state index in [0.29, 0.717) is 11.3 Å². The van der Waals surface area contributed by atoms with Crippen molar-refractivity contribution in [2.45, 2.75) is 74.9 Å². The van der Waals surface area contributed by atoms with Gasteiger partial charge in [0, 0.05) is 48.7 Å². The number of unbranched alkanes of at least 4 members (excludes halogenated alkanes) is 1. The molecular formula is C29H41F3N4O5S. The monoisotopic (exact) mass is 614 g/mol. The number of carboxylic acids is 1. The Morgan fingerprint density at radius 2 is 1.88 bits per heavy atom. The van der Waals surface area contributed by atoms with Crippen molar-refractivity contribution in [3.05, 3.63) is 47.8 Å². The summed E-state index contributed by atoms with van der Waals surface area (Å²) >= 11 is 1.59. The van der Waals surface area contributed by atoms with Crippen molar-refractivity contribution in [1.29, 1.82) is 0 Å². The third-order valence-electron chi connectivity index (χ3n) is 8.07. The molecule has 4 rings (SSSR count). The molecule has 1 saturated heterocycles. The second kappa shape index (κ2) is 14.9. The normalized spacial score (nSPS) is 22.0. The first kappa shape index (κ1) is 33.4. The van der Waals surface area contributed by atoms with Crippen molar-refractivity contribution in [2.24, 2.45) is 7.05 Å². The number of alkyl halides is 3. The van der Waals surface area contributed by atoms with Crippen molar-refractivity contribution >= 4 is 23.9 Å². The Morgan fingerprint density at radius 1 is 1.17 bits per heavy atom. The van der Waals surface area contributed by atoms with Gasteiger partial charge in [-0.15, -0.1) is 0 Å². The number of hydrogen-bond donors (Lipinski definition) is 3. The van der Waals surface area contributed by atoms with E-state index in [4.69, 9.17) is 19.4 Å². The number of amides is 2. The lowest BCUT2D eigenvalue weighted by Crippen LogP contribution is -2.48. The molecule has 3 N–H and O–H groups in total. The Morgan fingerprint density at radius 3 is 2.48 bits per heavy atom. The summed E-state index contributed by atoms with van der Waals surface area (Å²) in [5.41, 5.74) is 2.74. The zero-order valence-electron chi connectivity index (χ0n) is 24.5. The van der Waals surface area contributed by atoms with E-state index in [9.17, 15) is 18.0 Å². The molecule has 2 aliphatic rings. The van der Waals surface area contributed by atoms with Crippen LogP contribution in [0.5, 0.6) is 11.5 Å². The highest BCUT2D eigenvalue weighted by molar-refractivity contribution is 7.98. The highest BCUT2D eigenvalue weighted by atomic mass is 32.2. The van der Waals surface area contributed by atoms with Gasteiger partial charge in [-0.25, -0.2) is 9.59 Å². The van der Waals surface area contributed by atoms with Crippen LogP contribution >= 0.6 is 11.9 Å². The lowest BCUT2D eigenvalue weighted by molar-refractivity contribution is -0.192. The number of nitrogens with zero attached hydrogens (tertiary/aromatic N) is 2. The second-order valence-corrected chi connectivity index (χ2v) is 11.7. The van der Waals surface area contributed by atoms with Gasteiger partial charge < -0.3 is 24.5 Å². The minimum Gasteiger partial charge on any atom is -0.493 e. The van der Waals surface area contributed by atoms with Crippen molar-refractivity contribution in [1.82, 2.24) is 19.5 Å². The van der Waals surface area contributed by atoms with Crippen LogP contribution in [0.25, 0.3) is 0 Å². The number of benzene rings is 1. The number of carboxylic acid groups (broad SMARTS) is 1. The number of aryl methyl sites for hydroxylation is 1. The molecular weight excluding hydrogens is 573 g/mol. The number of carbonyl (C=O) groups is 2. The fraction of sp³-hybridized carbons (Fsp3) is 0.586. The average Bonchev–Trinajstić information content (AvgIpc) is 3.54. The second-order valence-electron chi connectivity index (χ2n) is 10.6. The third-order valence-corrected chi connectivity index (χ3v) is 9.14. The topological polar surface area (TPSA) is 105 Å². The molecule has 3 unspecified atom stereocenters. The number of likely N-dealkylation sites (tertiary alicyclic amines) is 1. The first-order chi connectivity index (χ1) is 19.9. The molecule has 2 amide bonds. The summed E-state index contributed by atoms with van der Waals surface area (Å²) in [6.45, 7) is 4.85. The van der Waals surface area contributed by atoms with Crippen LogP contribution in [0, 0.1) is 0 Å². The average molecular weight is 615 g/mol. The maximum absolute atomic E-state index is 12.2.